The molecular formula is C20H20BrN3O2. The normalized spacial score (nSPS) is 20.5. The zero-order valence-electron chi connectivity index (χ0n) is 14.7. The molecule has 3 heterocycles. The molecule has 0 bridgehead atoms. The van der Waals surface area contributed by atoms with Gasteiger partial charge in [-0.2, -0.15) is 0 Å². The number of carbonyl (C=O) groups is 1. The van der Waals surface area contributed by atoms with Gasteiger partial charge >= 0.3 is 0 Å². The second kappa shape index (κ2) is 6.85. The van der Waals surface area contributed by atoms with E-state index in [4.69, 9.17) is 4.74 Å². The van der Waals surface area contributed by atoms with Gasteiger partial charge in [-0.1, -0.05) is 28.1 Å². The van der Waals surface area contributed by atoms with Gasteiger partial charge in [-0.3, -0.25) is 4.79 Å². The van der Waals surface area contributed by atoms with Crippen LogP contribution in [0.15, 0.2) is 53.3 Å². The van der Waals surface area contributed by atoms with Crippen LogP contribution in [0, 0.1) is 6.92 Å². The van der Waals surface area contributed by atoms with Gasteiger partial charge in [0, 0.05) is 23.4 Å². The minimum atomic E-state index is -0.139. The maximum atomic E-state index is 13.1. The molecule has 0 saturated carbocycles. The lowest BCUT2D eigenvalue weighted by molar-refractivity contribution is -0.0553. The topological polar surface area (TPSA) is 46.8 Å². The first kappa shape index (κ1) is 17.2. The molecule has 3 aromatic rings. The van der Waals surface area contributed by atoms with Gasteiger partial charge in [-0.15, -0.1) is 0 Å². The Labute approximate surface area is 160 Å². The molecule has 2 aromatic heterocycles. The number of fused-ring (bicyclic) bond motifs is 1. The highest BCUT2D eigenvalue weighted by Crippen LogP contribution is 2.30. The van der Waals surface area contributed by atoms with E-state index in [0.717, 1.165) is 21.2 Å². The molecule has 2 atom stereocenters. The average molecular weight is 414 g/mol. The molecule has 0 N–H and O–H groups in total. The number of halogens is 1. The highest BCUT2D eigenvalue weighted by molar-refractivity contribution is 9.10. The van der Waals surface area contributed by atoms with E-state index in [2.05, 4.69) is 20.9 Å². The predicted octanol–water partition coefficient (Wildman–Crippen LogP) is 4.01. The van der Waals surface area contributed by atoms with Crippen molar-refractivity contribution in [2.45, 2.75) is 26.0 Å². The van der Waals surface area contributed by atoms with Crippen molar-refractivity contribution in [3.05, 3.63) is 70.1 Å². The van der Waals surface area contributed by atoms with Crippen LogP contribution in [0.3, 0.4) is 0 Å². The molecule has 134 valence electrons. The minimum absolute atomic E-state index is 0.0516. The van der Waals surface area contributed by atoms with E-state index >= 15 is 0 Å². The number of carbonyl (C=O) groups excluding carboxylic acids is 1. The van der Waals surface area contributed by atoms with Crippen molar-refractivity contribution in [3.63, 3.8) is 0 Å². The Morgan fingerprint density at radius 2 is 2.04 bits per heavy atom. The van der Waals surface area contributed by atoms with Gasteiger partial charge in [-0.05, 0) is 49.2 Å². The largest absolute Gasteiger partial charge is 0.370 e. The Morgan fingerprint density at radius 1 is 1.27 bits per heavy atom. The average Bonchev–Trinajstić information content (AvgIpc) is 3.05. The molecule has 1 aliphatic rings. The first-order valence-corrected chi connectivity index (χ1v) is 9.45. The lowest BCUT2D eigenvalue weighted by Crippen LogP contribution is -2.48. The molecule has 0 radical (unpaired) electrons. The van der Waals surface area contributed by atoms with E-state index in [1.807, 2.05) is 65.7 Å². The van der Waals surface area contributed by atoms with E-state index < -0.39 is 0 Å². The fraction of sp³-hybridized carbons (Fsp3) is 0.300. The zero-order valence-corrected chi connectivity index (χ0v) is 16.3. The molecule has 0 aliphatic carbocycles. The molecule has 0 unspecified atom stereocenters. The van der Waals surface area contributed by atoms with E-state index in [0.29, 0.717) is 18.8 Å². The maximum absolute atomic E-state index is 13.1. The van der Waals surface area contributed by atoms with Crippen molar-refractivity contribution in [3.8, 4) is 0 Å². The summed E-state index contributed by atoms with van der Waals surface area (Å²) in [5, 5.41) is 0. The fourth-order valence-electron chi connectivity index (χ4n) is 3.43. The summed E-state index contributed by atoms with van der Waals surface area (Å²) in [6.45, 7) is 5.13. The van der Waals surface area contributed by atoms with Gasteiger partial charge in [0.1, 0.15) is 17.4 Å². The molecule has 1 fully saturated rings. The Morgan fingerprint density at radius 3 is 2.81 bits per heavy atom. The molecule has 1 aliphatic heterocycles. The van der Waals surface area contributed by atoms with Crippen molar-refractivity contribution in [1.29, 1.82) is 0 Å². The third-order valence-electron chi connectivity index (χ3n) is 4.85. The van der Waals surface area contributed by atoms with Gasteiger partial charge in [0.15, 0.2) is 0 Å². The van der Waals surface area contributed by atoms with Gasteiger partial charge in [0.2, 0.25) is 0 Å². The molecule has 6 heteroatoms. The van der Waals surface area contributed by atoms with E-state index in [-0.39, 0.29) is 18.1 Å². The number of pyridine rings is 1. The van der Waals surface area contributed by atoms with Crippen LogP contribution >= 0.6 is 15.9 Å². The number of hydrogen-bond acceptors (Lipinski definition) is 3. The SMILES string of the molecule is Cc1ccn2cc(C(=O)N3CCO[C@@H](c4ccc(Br)cc4)[C@H]3C)nc2c1. The van der Waals surface area contributed by atoms with Crippen LogP contribution in [0.2, 0.25) is 0 Å². The third-order valence-corrected chi connectivity index (χ3v) is 5.38. The molecule has 0 spiro atoms. The van der Waals surface area contributed by atoms with Crippen LogP contribution in [0.25, 0.3) is 5.65 Å². The van der Waals surface area contributed by atoms with Crippen molar-refractivity contribution < 1.29 is 9.53 Å². The predicted molar refractivity (Wildman–Crippen MR) is 103 cm³/mol. The number of aromatic nitrogens is 2. The van der Waals surface area contributed by atoms with Crippen LogP contribution in [-0.2, 0) is 4.74 Å². The summed E-state index contributed by atoms with van der Waals surface area (Å²) in [7, 11) is 0. The van der Waals surface area contributed by atoms with Gasteiger partial charge in [0.05, 0.1) is 12.6 Å². The maximum Gasteiger partial charge on any atom is 0.274 e. The number of morpholine rings is 1. The molecule has 26 heavy (non-hydrogen) atoms. The van der Waals surface area contributed by atoms with Crippen LogP contribution in [-0.4, -0.2) is 39.4 Å². The highest BCUT2D eigenvalue weighted by Gasteiger charge is 2.34. The highest BCUT2D eigenvalue weighted by atomic mass is 79.9. The number of hydrogen-bond donors (Lipinski definition) is 0. The Kier molecular flexibility index (Phi) is 4.54. The molecule has 4 rings (SSSR count). The van der Waals surface area contributed by atoms with Crippen LogP contribution < -0.4 is 0 Å². The first-order valence-electron chi connectivity index (χ1n) is 8.66. The summed E-state index contributed by atoms with van der Waals surface area (Å²) < 4.78 is 8.88. The molecule has 1 aromatic carbocycles. The Bertz CT molecular complexity index is 951. The number of nitrogens with zero attached hydrogens (tertiary/aromatic N) is 3. The van der Waals surface area contributed by atoms with Crippen molar-refractivity contribution in [1.82, 2.24) is 14.3 Å². The van der Waals surface area contributed by atoms with E-state index in [1.165, 1.54) is 0 Å². The number of imidazole rings is 1. The summed E-state index contributed by atoms with van der Waals surface area (Å²) in [5.74, 6) is -0.0516. The van der Waals surface area contributed by atoms with Crippen molar-refractivity contribution in [2.75, 3.05) is 13.2 Å². The van der Waals surface area contributed by atoms with Gasteiger partial charge in [0.25, 0.3) is 5.91 Å². The van der Waals surface area contributed by atoms with Crippen LogP contribution in [0.4, 0.5) is 0 Å². The Hall–Kier alpha value is -2.18. The lowest BCUT2D eigenvalue weighted by Gasteiger charge is -2.39. The van der Waals surface area contributed by atoms with Crippen LogP contribution in [0.5, 0.6) is 0 Å². The Balaban J connectivity index is 1.60. The molecule has 5 nitrogen and oxygen atoms in total. The van der Waals surface area contributed by atoms with Crippen molar-refractivity contribution >= 4 is 27.5 Å². The van der Waals surface area contributed by atoms with Gasteiger partial charge < -0.3 is 14.0 Å². The third kappa shape index (κ3) is 3.15. The summed E-state index contributed by atoms with van der Waals surface area (Å²) in [4.78, 5) is 19.5. The van der Waals surface area contributed by atoms with E-state index in [1.54, 1.807) is 6.20 Å². The summed E-state index contributed by atoms with van der Waals surface area (Å²) in [5.41, 5.74) is 3.46. The zero-order chi connectivity index (χ0) is 18.3. The number of amides is 1. The number of benzene rings is 1. The molecule has 1 amide bonds. The van der Waals surface area contributed by atoms with Gasteiger partial charge in [-0.25, -0.2) is 4.98 Å². The first-order chi connectivity index (χ1) is 12.5. The summed E-state index contributed by atoms with van der Waals surface area (Å²) in [6, 6.07) is 12.0. The monoisotopic (exact) mass is 413 g/mol. The van der Waals surface area contributed by atoms with Crippen LogP contribution in [0.1, 0.15) is 34.6 Å². The quantitative estimate of drug-likeness (QED) is 0.637. The second-order valence-corrected chi connectivity index (χ2v) is 7.59. The second-order valence-electron chi connectivity index (χ2n) is 6.68. The summed E-state index contributed by atoms with van der Waals surface area (Å²) >= 11 is 3.46. The smallest absolute Gasteiger partial charge is 0.274 e. The van der Waals surface area contributed by atoms with Crippen molar-refractivity contribution in [2.24, 2.45) is 0 Å². The lowest BCUT2D eigenvalue weighted by atomic mass is 10.0. The number of rotatable bonds is 2. The standard InChI is InChI=1S/C20H20BrN3O2/c1-13-7-8-23-12-17(22-18(23)11-13)20(25)24-9-10-26-19(14(24)2)15-3-5-16(21)6-4-15/h3-8,11-12,14,19H,9-10H2,1-2H3/t14-,19-/m1/s1. The number of ether oxygens (including phenoxy) is 1. The summed E-state index contributed by atoms with van der Waals surface area (Å²) in [6.07, 6.45) is 3.59. The van der Waals surface area contributed by atoms with E-state index in [9.17, 15) is 4.79 Å². The number of aryl methyl sites for hydroxylation is 1. The molecular weight excluding hydrogens is 394 g/mol. The fourth-order valence-corrected chi connectivity index (χ4v) is 3.70. The molecule has 1 saturated heterocycles. The minimum Gasteiger partial charge on any atom is -0.370 e.